The van der Waals surface area contributed by atoms with Crippen LogP contribution in [0.15, 0.2) is 40.4 Å². The van der Waals surface area contributed by atoms with Crippen molar-refractivity contribution < 1.29 is 4.74 Å². The summed E-state index contributed by atoms with van der Waals surface area (Å²) in [6.45, 7) is 6.50. The predicted molar refractivity (Wildman–Crippen MR) is 122 cm³/mol. The number of pyridine rings is 1. The van der Waals surface area contributed by atoms with Crippen molar-refractivity contribution >= 4 is 29.0 Å². The Bertz CT molecular complexity index is 980. The van der Waals surface area contributed by atoms with Gasteiger partial charge in [-0.05, 0) is 20.8 Å². The van der Waals surface area contributed by atoms with Crippen LogP contribution in [0.4, 0.5) is 11.5 Å². The Balaban J connectivity index is 0.000000438. The fraction of sp³-hybridized carbons (Fsp3) is 0.381. The fourth-order valence-corrected chi connectivity index (χ4v) is 3.83. The van der Waals surface area contributed by atoms with E-state index in [1.165, 1.54) is 11.8 Å². The lowest BCUT2D eigenvalue weighted by molar-refractivity contribution is 0.234. The SMILES string of the molecule is C/C=C(\C)n1cnc2c(c1=O)CSc1nc(N)cc(N(C)C)c1-2.C/C=C\COC. The number of nitrogen functional groups attached to an aromatic ring is 1. The summed E-state index contributed by atoms with van der Waals surface area (Å²) in [4.78, 5) is 23.7. The lowest BCUT2D eigenvalue weighted by Gasteiger charge is -2.24. The largest absolute Gasteiger partial charge is 0.384 e. The first-order chi connectivity index (χ1) is 13.8. The number of nitrogens with zero attached hydrogens (tertiary/aromatic N) is 4. The van der Waals surface area contributed by atoms with Crippen LogP contribution in [0, 0.1) is 0 Å². The number of rotatable bonds is 4. The average molecular weight is 416 g/mol. The summed E-state index contributed by atoms with van der Waals surface area (Å²) < 4.78 is 6.28. The summed E-state index contributed by atoms with van der Waals surface area (Å²) in [6, 6.07) is 1.82. The molecule has 0 aromatic carbocycles. The van der Waals surface area contributed by atoms with Crippen LogP contribution < -0.4 is 16.2 Å². The van der Waals surface area contributed by atoms with Gasteiger partial charge in [0.2, 0.25) is 0 Å². The molecule has 7 nitrogen and oxygen atoms in total. The molecule has 3 rings (SSSR count). The molecule has 0 fully saturated rings. The topological polar surface area (TPSA) is 86.3 Å². The van der Waals surface area contributed by atoms with E-state index >= 15 is 0 Å². The molecule has 0 saturated heterocycles. The molecule has 1 aliphatic rings. The molecule has 1 aliphatic heterocycles. The van der Waals surface area contributed by atoms with Crippen LogP contribution in [-0.4, -0.2) is 42.3 Å². The molecule has 0 saturated carbocycles. The first-order valence-corrected chi connectivity index (χ1v) is 10.3. The van der Waals surface area contributed by atoms with Gasteiger partial charge in [-0.2, -0.15) is 0 Å². The number of methoxy groups -OCH3 is 1. The van der Waals surface area contributed by atoms with Crippen LogP contribution in [0.5, 0.6) is 0 Å². The molecule has 3 heterocycles. The first-order valence-electron chi connectivity index (χ1n) is 9.30. The maximum Gasteiger partial charge on any atom is 0.262 e. The van der Waals surface area contributed by atoms with Crippen LogP contribution in [0.2, 0.25) is 0 Å². The van der Waals surface area contributed by atoms with Crippen molar-refractivity contribution in [3.8, 4) is 11.3 Å². The van der Waals surface area contributed by atoms with Crippen LogP contribution in [0.3, 0.4) is 0 Å². The highest BCUT2D eigenvalue weighted by molar-refractivity contribution is 7.98. The molecule has 2 aromatic rings. The molecular weight excluding hydrogens is 386 g/mol. The summed E-state index contributed by atoms with van der Waals surface area (Å²) in [5, 5.41) is 0.827. The molecule has 0 radical (unpaired) electrons. The monoisotopic (exact) mass is 415 g/mol. The highest BCUT2D eigenvalue weighted by atomic mass is 32.2. The first kappa shape index (κ1) is 22.7. The van der Waals surface area contributed by atoms with Crippen molar-refractivity contribution in [2.45, 2.75) is 31.6 Å². The summed E-state index contributed by atoms with van der Waals surface area (Å²) in [5.41, 5.74) is 9.98. The van der Waals surface area contributed by atoms with E-state index in [4.69, 9.17) is 10.5 Å². The lowest BCUT2D eigenvalue weighted by Crippen LogP contribution is -2.26. The van der Waals surface area contributed by atoms with Gasteiger partial charge in [0.15, 0.2) is 0 Å². The number of hydrogen-bond donors (Lipinski definition) is 1. The quantitative estimate of drug-likeness (QED) is 0.763. The normalized spacial score (nSPS) is 12.8. The number of thioether (sulfide) groups is 1. The van der Waals surface area contributed by atoms with Gasteiger partial charge in [-0.15, -0.1) is 11.8 Å². The molecular formula is C21H29N5O2S. The van der Waals surface area contributed by atoms with Gasteiger partial charge in [-0.25, -0.2) is 9.97 Å². The molecule has 156 valence electrons. The number of aromatic nitrogens is 3. The van der Waals surface area contributed by atoms with Crippen LogP contribution in [-0.2, 0) is 10.5 Å². The highest BCUT2D eigenvalue weighted by Gasteiger charge is 2.27. The highest BCUT2D eigenvalue weighted by Crippen LogP contribution is 2.43. The van der Waals surface area contributed by atoms with Crippen molar-refractivity contribution in [2.75, 3.05) is 38.4 Å². The van der Waals surface area contributed by atoms with Gasteiger partial charge in [0, 0.05) is 38.7 Å². The van der Waals surface area contributed by atoms with E-state index in [2.05, 4.69) is 9.97 Å². The van der Waals surface area contributed by atoms with E-state index in [1.54, 1.807) is 18.0 Å². The second-order valence-electron chi connectivity index (χ2n) is 6.63. The Morgan fingerprint density at radius 2 is 2.14 bits per heavy atom. The molecule has 2 N–H and O–H groups in total. The minimum atomic E-state index is -0.0229. The van der Waals surface area contributed by atoms with Crippen molar-refractivity contribution in [1.82, 2.24) is 14.5 Å². The maximum atomic E-state index is 12.8. The Labute approximate surface area is 176 Å². The fourth-order valence-electron chi connectivity index (χ4n) is 2.77. The van der Waals surface area contributed by atoms with Crippen LogP contribution >= 0.6 is 11.8 Å². The van der Waals surface area contributed by atoms with Gasteiger partial charge in [0.25, 0.3) is 5.56 Å². The molecule has 0 bridgehead atoms. The average Bonchev–Trinajstić information content (AvgIpc) is 2.71. The van der Waals surface area contributed by atoms with Crippen molar-refractivity contribution in [1.29, 1.82) is 0 Å². The van der Waals surface area contributed by atoms with Gasteiger partial charge >= 0.3 is 0 Å². The molecule has 0 spiro atoms. The van der Waals surface area contributed by atoms with E-state index in [1.807, 2.05) is 64.1 Å². The third-order valence-electron chi connectivity index (χ3n) is 4.42. The lowest BCUT2D eigenvalue weighted by atomic mass is 10.1. The Morgan fingerprint density at radius 3 is 2.69 bits per heavy atom. The van der Waals surface area contributed by atoms with E-state index in [0.29, 0.717) is 22.8 Å². The molecule has 2 aromatic heterocycles. The molecule has 0 unspecified atom stereocenters. The second-order valence-corrected chi connectivity index (χ2v) is 7.59. The Kier molecular flexibility index (Phi) is 8.04. The second kappa shape index (κ2) is 10.3. The van der Waals surface area contributed by atoms with E-state index in [-0.39, 0.29) is 5.56 Å². The maximum absolute atomic E-state index is 12.8. The standard InChI is InChI=1S/C16H19N5OS.C5H10O/c1-5-9(2)21-8-18-14-10(16(21)22)7-23-15-13(14)11(20(3)4)6-12(17)19-15;1-3-4-5-6-2/h5-6,8H,7H2,1-4H3,(H2,17,19);3-4H,5H2,1-2H3/b9-5+;4-3-. The number of allylic oxidation sites excluding steroid dienone is 3. The summed E-state index contributed by atoms with van der Waals surface area (Å²) in [7, 11) is 5.57. The van der Waals surface area contributed by atoms with Crippen LogP contribution in [0.1, 0.15) is 26.3 Å². The number of anilines is 2. The number of ether oxygens (including phenoxy) is 1. The van der Waals surface area contributed by atoms with Gasteiger partial charge in [-0.1, -0.05) is 18.2 Å². The summed E-state index contributed by atoms with van der Waals surface area (Å²) >= 11 is 1.53. The minimum absolute atomic E-state index is 0.0229. The Morgan fingerprint density at radius 1 is 1.41 bits per heavy atom. The van der Waals surface area contributed by atoms with Gasteiger partial charge < -0.3 is 15.4 Å². The summed E-state index contributed by atoms with van der Waals surface area (Å²) in [6.07, 6.45) is 7.41. The van der Waals surface area contributed by atoms with Crippen molar-refractivity contribution in [3.63, 3.8) is 0 Å². The predicted octanol–water partition coefficient (Wildman–Crippen LogP) is 3.65. The zero-order chi connectivity index (χ0) is 21.6. The Hall–Kier alpha value is -2.58. The minimum Gasteiger partial charge on any atom is -0.384 e. The molecule has 29 heavy (non-hydrogen) atoms. The molecule has 8 heteroatoms. The number of hydrogen-bond acceptors (Lipinski definition) is 7. The van der Waals surface area contributed by atoms with Crippen molar-refractivity contribution in [2.24, 2.45) is 0 Å². The molecule has 0 aliphatic carbocycles. The van der Waals surface area contributed by atoms with Crippen molar-refractivity contribution in [3.05, 3.63) is 46.5 Å². The number of fused-ring (bicyclic) bond motifs is 3. The zero-order valence-corrected chi connectivity index (χ0v) is 18.7. The zero-order valence-electron chi connectivity index (χ0n) is 17.9. The number of nitrogens with two attached hydrogens (primary N) is 1. The molecule has 0 amide bonds. The summed E-state index contributed by atoms with van der Waals surface area (Å²) in [5.74, 6) is 1.02. The van der Waals surface area contributed by atoms with Gasteiger partial charge in [-0.3, -0.25) is 9.36 Å². The van der Waals surface area contributed by atoms with E-state index < -0.39 is 0 Å². The van der Waals surface area contributed by atoms with Gasteiger partial charge in [0.1, 0.15) is 17.2 Å². The van der Waals surface area contributed by atoms with E-state index in [0.717, 1.165) is 28.6 Å². The third-order valence-corrected chi connectivity index (χ3v) is 5.42. The van der Waals surface area contributed by atoms with E-state index in [9.17, 15) is 4.79 Å². The smallest absolute Gasteiger partial charge is 0.262 e. The molecule has 0 atom stereocenters. The third kappa shape index (κ3) is 5.07. The van der Waals surface area contributed by atoms with Crippen LogP contribution in [0.25, 0.3) is 17.0 Å². The van der Waals surface area contributed by atoms with Gasteiger partial charge in [0.05, 0.1) is 29.1 Å².